The van der Waals surface area contributed by atoms with Crippen LogP contribution in [0.4, 0.5) is 20.4 Å². The summed E-state index contributed by atoms with van der Waals surface area (Å²) in [6.45, 7) is -5.63. The van der Waals surface area contributed by atoms with Crippen molar-refractivity contribution in [2.45, 2.75) is 49.2 Å². The summed E-state index contributed by atoms with van der Waals surface area (Å²) in [5, 5.41) is 20.1. The zero-order chi connectivity index (χ0) is 29.9. The number of nitrogens with two attached hydrogens (primary N) is 2. The number of aliphatic hydroxyl groups excluding tert-OH is 2. The van der Waals surface area contributed by atoms with E-state index >= 15 is 8.78 Å². The summed E-state index contributed by atoms with van der Waals surface area (Å²) >= 11 is 10.9. The molecule has 2 fully saturated rings. The Morgan fingerprint density at radius 1 is 0.976 bits per heavy atom. The number of hydrogen-bond acceptors (Lipinski definition) is 15. The first-order valence-electron chi connectivity index (χ1n) is 12.1. The molecule has 0 spiro atoms. The van der Waals surface area contributed by atoms with Crippen LogP contribution in [0.25, 0.3) is 22.3 Å². The Bertz CT molecular complexity index is 1690. The molecule has 0 aliphatic carbocycles. The van der Waals surface area contributed by atoms with Crippen LogP contribution in [0.3, 0.4) is 0 Å². The Morgan fingerprint density at radius 3 is 2.33 bits per heavy atom. The molecule has 22 heteroatoms. The van der Waals surface area contributed by atoms with Gasteiger partial charge < -0.3 is 40.6 Å². The molecule has 2 aliphatic rings. The van der Waals surface area contributed by atoms with Crippen molar-refractivity contribution in [3.63, 3.8) is 0 Å². The van der Waals surface area contributed by atoms with Crippen LogP contribution in [0.15, 0.2) is 19.0 Å². The zero-order valence-corrected chi connectivity index (χ0v) is 23.4. The van der Waals surface area contributed by atoms with Crippen LogP contribution in [-0.2, 0) is 30.3 Å². The predicted octanol–water partition coefficient (Wildman–Crippen LogP) is -0.0732. The maximum Gasteiger partial charge on any atom is 0.325 e. The Kier molecular flexibility index (Phi) is 7.71. The van der Waals surface area contributed by atoms with Crippen molar-refractivity contribution in [2.75, 3.05) is 24.7 Å². The van der Waals surface area contributed by atoms with E-state index in [1.54, 1.807) is 0 Å². The maximum atomic E-state index is 15.7. The monoisotopic (exact) mass is 650 g/mol. The van der Waals surface area contributed by atoms with Crippen molar-refractivity contribution in [3.8, 4) is 0 Å². The molecule has 4 aromatic heterocycles. The molecule has 42 heavy (non-hydrogen) atoms. The number of ether oxygens (including phenoxy) is 2. The Balaban J connectivity index is 1.14. The lowest BCUT2D eigenvalue weighted by atomic mass is 10.1. The molecule has 6 heterocycles. The summed E-state index contributed by atoms with van der Waals surface area (Å²) in [4.78, 5) is 34.5. The number of halogens is 3. The van der Waals surface area contributed by atoms with Crippen LogP contribution in [-0.4, -0.2) is 104 Å². The molecule has 2 saturated heterocycles. The molecule has 17 nitrogen and oxygen atoms in total. The number of hydrogen-bond donors (Lipinski definition) is 5. The molecule has 0 saturated carbocycles. The largest absolute Gasteiger partial charge is 0.394 e. The van der Waals surface area contributed by atoms with Gasteiger partial charge in [0.25, 0.3) is 0 Å². The second-order valence-corrected chi connectivity index (χ2v) is 12.4. The zero-order valence-electron chi connectivity index (χ0n) is 21.0. The van der Waals surface area contributed by atoms with Gasteiger partial charge in [-0.3, -0.25) is 13.7 Å². The quantitative estimate of drug-likeness (QED) is 0.124. The Hall–Kier alpha value is -2.78. The van der Waals surface area contributed by atoms with E-state index in [0.717, 1.165) is 6.33 Å². The van der Waals surface area contributed by atoms with E-state index in [9.17, 15) is 15.1 Å². The van der Waals surface area contributed by atoms with E-state index in [-0.39, 0.29) is 39.2 Å². The topological polar surface area (TPSA) is 237 Å². The fourth-order valence-corrected chi connectivity index (χ4v) is 6.37. The van der Waals surface area contributed by atoms with E-state index in [1.165, 1.54) is 21.8 Å². The lowest BCUT2D eigenvalue weighted by Gasteiger charge is -2.25. The fraction of sp³-hybridized carbons (Fsp3) is 0.500. The third-order valence-corrected chi connectivity index (χ3v) is 8.48. The summed E-state index contributed by atoms with van der Waals surface area (Å²) in [7, 11) is 0. The summed E-state index contributed by atoms with van der Waals surface area (Å²) in [6.07, 6.45) is -9.16. The van der Waals surface area contributed by atoms with Crippen molar-refractivity contribution in [3.05, 3.63) is 24.3 Å². The second kappa shape index (κ2) is 11.1. The smallest absolute Gasteiger partial charge is 0.325 e. The molecule has 3 unspecified atom stereocenters. The number of nitrogen functional groups attached to an aromatic ring is 2. The van der Waals surface area contributed by atoms with Gasteiger partial charge in [-0.05, 0) is 23.4 Å². The molecule has 2 aliphatic heterocycles. The third kappa shape index (κ3) is 5.06. The molecule has 0 bridgehead atoms. The minimum absolute atomic E-state index is 0.0457. The van der Waals surface area contributed by atoms with Crippen LogP contribution in [0.1, 0.15) is 12.5 Å². The number of imidazole rings is 2. The molecule has 0 aromatic carbocycles. The number of nitrogens with zero attached hydrogens (tertiary/aromatic N) is 8. The third-order valence-electron chi connectivity index (χ3n) is 6.75. The summed E-state index contributed by atoms with van der Waals surface area (Å²) < 4.78 is 55.1. The van der Waals surface area contributed by atoms with Crippen molar-refractivity contribution >= 4 is 64.1 Å². The fourth-order valence-electron chi connectivity index (χ4n) is 4.76. The average Bonchev–Trinajstić information content (AvgIpc) is 3.69. The van der Waals surface area contributed by atoms with Crippen molar-refractivity contribution in [1.82, 2.24) is 39.0 Å². The number of rotatable bonds is 8. The standard InChI is InChI=1S/C20H22ClF2N10O7PS/c21-20-30-15(25)11-17(31-20)33(5-29-11)19-9(23)13(6(1-34)38-19)40-41(36,42)37-2-7-12(35)8(22)18(39-7)32-4-28-10-14(24)26-3-27-16(10)32/h3-9,12-13,18-19,34-35H,1-2H2,(H,36,42)(H2,24,26,27)(H2,25,30,31)/t6-,7-,8+,9-,12?,13?,18-,19-,41?/m1/s1. The van der Waals surface area contributed by atoms with E-state index in [4.69, 9.17) is 53.4 Å². The van der Waals surface area contributed by atoms with Crippen LogP contribution in [0.5, 0.6) is 0 Å². The predicted molar refractivity (Wildman–Crippen MR) is 143 cm³/mol. The molecule has 7 N–H and O–H groups in total. The molecule has 6 rings (SSSR count). The van der Waals surface area contributed by atoms with Gasteiger partial charge in [-0.2, -0.15) is 9.97 Å². The van der Waals surface area contributed by atoms with Crippen LogP contribution < -0.4 is 11.5 Å². The van der Waals surface area contributed by atoms with Gasteiger partial charge in [0.15, 0.2) is 47.7 Å². The first kappa shape index (κ1) is 29.3. The maximum absolute atomic E-state index is 15.7. The van der Waals surface area contributed by atoms with E-state index in [0.29, 0.717) is 0 Å². The molecule has 4 aromatic rings. The van der Waals surface area contributed by atoms with Crippen molar-refractivity contribution < 1.29 is 42.4 Å². The average molecular weight is 651 g/mol. The van der Waals surface area contributed by atoms with Gasteiger partial charge in [-0.25, -0.2) is 28.7 Å². The highest BCUT2D eigenvalue weighted by atomic mass is 35.5. The van der Waals surface area contributed by atoms with Gasteiger partial charge in [0, 0.05) is 0 Å². The first-order chi connectivity index (χ1) is 20.0. The van der Waals surface area contributed by atoms with E-state index in [1.807, 2.05) is 0 Å². The number of aliphatic hydroxyl groups is 2. The van der Waals surface area contributed by atoms with Gasteiger partial charge >= 0.3 is 6.72 Å². The molecule has 0 amide bonds. The summed E-state index contributed by atoms with van der Waals surface area (Å²) in [5.74, 6) is 0.0224. The van der Waals surface area contributed by atoms with Gasteiger partial charge in [0.1, 0.15) is 41.8 Å². The summed E-state index contributed by atoms with van der Waals surface area (Å²) in [5.41, 5.74) is 12.1. The molecule has 0 radical (unpaired) electrons. The van der Waals surface area contributed by atoms with Crippen LogP contribution in [0, 0.1) is 0 Å². The van der Waals surface area contributed by atoms with Gasteiger partial charge in [-0.15, -0.1) is 0 Å². The molecular formula is C20H22ClF2N10O7PS. The highest BCUT2D eigenvalue weighted by Crippen LogP contribution is 2.50. The second-order valence-electron chi connectivity index (χ2n) is 9.31. The van der Waals surface area contributed by atoms with Crippen molar-refractivity contribution in [1.29, 1.82) is 0 Å². The SMILES string of the molecule is Nc1nc(Cl)nc2c1ncn2[C@@H]1O[C@H](CO)C(OP(O)(=S)OC[C@H]2O[C@@H](n3cnc4c(N)ncnc43)[C@@H](F)C2O)[C@H]1F. The minimum Gasteiger partial charge on any atom is -0.394 e. The van der Waals surface area contributed by atoms with Crippen LogP contribution >= 0.6 is 18.3 Å². The van der Waals surface area contributed by atoms with E-state index in [2.05, 4.69) is 29.9 Å². The van der Waals surface area contributed by atoms with Gasteiger partial charge in [-0.1, -0.05) is 0 Å². The normalized spacial score (nSPS) is 31.3. The number of fused-ring (bicyclic) bond motifs is 2. The summed E-state index contributed by atoms with van der Waals surface area (Å²) in [6, 6.07) is 0. The Morgan fingerprint density at radius 2 is 1.62 bits per heavy atom. The Labute approximate surface area is 243 Å². The number of aromatic nitrogens is 8. The first-order valence-corrected chi connectivity index (χ1v) is 15.1. The van der Waals surface area contributed by atoms with Crippen LogP contribution in [0.2, 0.25) is 5.28 Å². The van der Waals surface area contributed by atoms with Gasteiger partial charge in [0.05, 0.1) is 25.9 Å². The van der Waals surface area contributed by atoms with E-state index < -0.39 is 69.1 Å². The highest BCUT2D eigenvalue weighted by Gasteiger charge is 2.50. The lowest BCUT2D eigenvalue weighted by Crippen LogP contribution is -2.34. The van der Waals surface area contributed by atoms with Gasteiger partial charge in [0.2, 0.25) is 5.28 Å². The lowest BCUT2D eigenvalue weighted by molar-refractivity contribution is -0.0521. The van der Waals surface area contributed by atoms with Crippen molar-refractivity contribution in [2.24, 2.45) is 0 Å². The molecular weight excluding hydrogens is 629 g/mol. The number of anilines is 2. The highest BCUT2D eigenvalue weighted by molar-refractivity contribution is 8.07. The molecule has 226 valence electrons. The minimum atomic E-state index is -4.28. The molecule has 9 atom stereocenters. The number of alkyl halides is 2.